The number of nitrogens with zero attached hydrogens (tertiary/aromatic N) is 2. The van der Waals surface area contributed by atoms with Crippen molar-refractivity contribution in [3.05, 3.63) is 106 Å². The summed E-state index contributed by atoms with van der Waals surface area (Å²) in [7, 11) is 0. The quantitative estimate of drug-likeness (QED) is 0.236. The van der Waals surface area contributed by atoms with Crippen LogP contribution in [0.15, 0.2) is 66.7 Å². The topological polar surface area (TPSA) is 86.9 Å². The number of hydrogen-bond acceptors (Lipinski definition) is 4. The maximum atomic E-state index is 13.9. The van der Waals surface area contributed by atoms with Crippen molar-refractivity contribution in [2.45, 2.75) is 64.9 Å². The molecule has 0 aliphatic rings. The molecular formula is C33H39F4N3O3. The summed E-state index contributed by atoms with van der Waals surface area (Å²) in [6.45, 7) is 6.80. The van der Waals surface area contributed by atoms with Crippen LogP contribution >= 0.6 is 0 Å². The number of benzene rings is 3. The lowest BCUT2D eigenvalue weighted by molar-refractivity contribution is -0.137. The van der Waals surface area contributed by atoms with Gasteiger partial charge in [0.1, 0.15) is 5.82 Å². The third-order valence-corrected chi connectivity index (χ3v) is 7.01. The molecule has 3 N–H and O–H groups in total. The van der Waals surface area contributed by atoms with Gasteiger partial charge < -0.3 is 20.6 Å². The van der Waals surface area contributed by atoms with E-state index in [4.69, 9.17) is 5.73 Å². The van der Waals surface area contributed by atoms with Gasteiger partial charge >= 0.3 is 6.18 Å². The van der Waals surface area contributed by atoms with E-state index in [1.807, 2.05) is 44.2 Å². The number of nitrogens with two attached hydrogens (primary N) is 1. The van der Waals surface area contributed by atoms with Gasteiger partial charge in [0, 0.05) is 43.3 Å². The number of alkyl halides is 3. The Kier molecular flexibility index (Phi) is 11.9. The molecule has 6 nitrogen and oxygen atoms in total. The summed E-state index contributed by atoms with van der Waals surface area (Å²) >= 11 is 0. The minimum absolute atomic E-state index is 0.0228. The molecule has 10 heteroatoms. The highest BCUT2D eigenvalue weighted by Crippen LogP contribution is 2.30. The van der Waals surface area contributed by atoms with Crippen molar-refractivity contribution in [1.29, 1.82) is 0 Å². The van der Waals surface area contributed by atoms with E-state index >= 15 is 0 Å². The summed E-state index contributed by atoms with van der Waals surface area (Å²) in [4.78, 5) is 30.3. The van der Waals surface area contributed by atoms with Gasteiger partial charge in [-0.15, -0.1) is 0 Å². The molecule has 3 rings (SSSR count). The van der Waals surface area contributed by atoms with Crippen molar-refractivity contribution >= 4 is 11.8 Å². The molecule has 0 spiro atoms. The van der Waals surface area contributed by atoms with Crippen LogP contribution in [0.1, 0.15) is 69.7 Å². The second-order valence-corrected chi connectivity index (χ2v) is 10.8. The van der Waals surface area contributed by atoms with E-state index in [0.29, 0.717) is 30.3 Å². The molecule has 0 saturated carbocycles. The Bertz CT molecular complexity index is 1380. The van der Waals surface area contributed by atoms with Crippen LogP contribution in [0, 0.1) is 12.7 Å². The van der Waals surface area contributed by atoms with Gasteiger partial charge in [0.15, 0.2) is 0 Å². The fraction of sp³-hybridized carbons (Fsp3) is 0.394. The minimum Gasteiger partial charge on any atom is -0.390 e. The van der Waals surface area contributed by atoms with E-state index in [0.717, 1.165) is 30.5 Å². The largest absolute Gasteiger partial charge is 0.416 e. The van der Waals surface area contributed by atoms with Crippen LogP contribution < -0.4 is 5.73 Å². The Labute approximate surface area is 250 Å². The van der Waals surface area contributed by atoms with Gasteiger partial charge in [0.05, 0.1) is 11.7 Å². The van der Waals surface area contributed by atoms with Gasteiger partial charge in [-0.2, -0.15) is 13.2 Å². The number of aliphatic hydroxyl groups excluding tert-OH is 1. The van der Waals surface area contributed by atoms with Crippen LogP contribution in [0.2, 0.25) is 0 Å². The van der Waals surface area contributed by atoms with Crippen LogP contribution in [0.25, 0.3) is 0 Å². The fourth-order valence-corrected chi connectivity index (χ4v) is 4.97. The highest BCUT2D eigenvalue weighted by Gasteiger charge is 2.32. The Morgan fingerprint density at radius 3 is 2.00 bits per heavy atom. The number of aliphatic hydroxyl groups is 1. The average molecular weight is 602 g/mol. The highest BCUT2D eigenvalue weighted by atomic mass is 19.4. The number of carbonyl (C=O) groups is 2. The number of carbonyl (C=O) groups excluding carboxylic acids is 2. The zero-order chi connectivity index (χ0) is 31.7. The third-order valence-electron chi connectivity index (χ3n) is 7.01. The van der Waals surface area contributed by atoms with Crippen LogP contribution in [-0.2, 0) is 19.1 Å². The Balaban J connectivity index is 1.88. The molecular weight excluding hydrogens is 562 g/mol. The van der Waals surface area contributed by atoms with Crippen LogP contribution in [-0.4, -0.2) is 58.5 Å². The van der Waals surface area contributed by atoms with Crippen molar-refractivity contribution < 1.29 is 32.3 Å². The summed E-state index contributed by atoms with van der Waals surface area (Å²) in [5, 5.41) is 11.0. The fourth-order valence-electron chi connectivity index (χ4n) is 4.97. The van der Waals surface area contributed by atoms with Crippen molar-refractivity contribution in [2.75, 3.05) is 19.6 Å². The first-order chi connectivity index (χ1) is 20.3. The molecule has 43 heavy (non-hydrogen) atoms. The molecule has 2 amide bonds. The first kappa shape index (κ1) is 33.7. The predicted molar refractivity (Wildman–Crippen MR) is 158 cm³/mol. The minimum atomic E-state index is -4.74. The molecule has 232 valence electrons. The average Bonchev–Trinajstić information content (AvgIpc) is 2.95. The van der Waals surface area contributed by atoms with Crippen molar-refractivity contribution in [3.63, 3.8) is 0 Å². The lowest BCUT2D eigenvalue weighted by Crippen LogP contribution is -2.46. The summed E-state index contributed by atoms with van der Waals surface area (Å²) < 4.78 is 53.5. The molecule has 0 fully saturated rings. The Hall–Kier alpha value is -3.76. The van der Waals surface area contributed by atoms with Crippen molar-refractivity contribution in [1.82, 2.24) is 9.80 Å². The van der Waals surface area contributed by atoms with Gasteiger partial charge in [-0.3, -0.25) is 9.59 Å². The second-order valence-electron chi connectivity index (χ2n) is 10.8. The van der Waals surface area contributed by atoms with Crippen molar-refractivity contribution in [2.24, 2.45) is 5.73 Å². The normalized spacial score (nSPS) is 13.0. The molecule has 3 aromatic rings. The monoisotopic (exact) mass is 601 g/mol. The molecule has 0 aliphatic heterocycles. The molecule has 2 atom stereocenters. The summed E-state index contributed by atoms with van der Waals surface area (Å²) in [5.74, 6) is -1.68. The SMILES string of the molecule is CCCN(CCC)C(=O)c1cc(C)cc(C(=O)N(Cc2ccccc2)C[C@@H](O)[C@@H](N)Cc2cc(F)cc(C(F)(F)F)c2)c1. The molecule has 0 bridgehead atoms. The summed E-state index contributed by atoms with van der Waals surface area (Å²) in [6, 6.07) is 15.1. The first-order valence-electron chi connectivity index (χ1n) is 14.4. The van der Waals surface area contributed by atoms with E-state index in [9.17, 15) is 32.3 Å². The highest BCUT2D eigenvalue weighted by molar-refractivity contribution is 6.00. The van der Waals surface area contributed by atoms with Gasteiger partial charge in [-0.25, -0.2) is 4.39 Å². The van der Waals surface area contributed by atoms with E-state index in [1.165, 1.54) is 4.90 Å². The van der Waals surface area contributed by atoms with E-state index in [1.54, 1.807) is 30.0 Å². The Morgan fingerprint density at radius 2 is 1.44 bits per heavy atom. The molecule has 0 radical (unpaired) electrons. The van der Waals surface area contributed by atoms with Crippen LogP contribution in [0.4, 0.5) is 17.6 Å². The van der Waals surface area contributed by atoms with Gasteiger partial charge in [-0.05, 0) is 79.3 Å². The van der Waals surface area contributed by atoms with Gasteiger partial charge in [-0.1, -0.05) is 44.2 Å². The smallest absolute Gasteiger partial charge is 0.390 e. The van der Waals surface area contributed by atoms with E-state index in [2.05, 4.69) is 0 Å². The third kappa shape index (κ3) is 9.62. The Morgan fingerprint density at radius 1 is 0.860 bits per heavy atom. The van der Waals surface area contributed by atoms with Gasteiger partial charge in [0.25, 0.3) is 11.8 Å². The predicted octanol–water partition coefficient (Wildman–Crippen LogP) is 5.99. The molecule has 0 unspecified atom stereocenters. The molecule has 0 aromatic heterocycles. The zero-order valence-corrected chi connectivity index (χ0v) is 24.7. The summed E-state index contributed by atoms with van der Waals surface area (Å²) in [5.41, 5.74) is 7.14. The maximum Gasteiger partial charge on any atom is 0.416 e. The second kappa shape index (κ2) is 15.1. The van der Waals surface area contributed by atoms with E-state index < -0.39 is 35.6 Å². The molecule has 0 saturated heterocycles. The number of amides is 2. The molecule has 0 heterocycles. The van der Waals surface area contributed by atoms with Crippen molar-refractivity contribution in [3.8, 4) is 0 Å². The molecule has 3 aromatic carbocycles. The lowest BCUT2D eigenvalue weighted by Gasteiger charge is -2.29. The van der Waals surface area contributed by atoms with Gasteiger partial charge in [0.2, 0.25) is 0 Å². The van der Waals surface area contributed by atoms with E-state index in [-0.39, 0.29) is 36.5 Å². The van der Waals surface area contributed by atoms with Crippen LogP contribution in [0.3, 0.4) is 0 Å². The number of hydrogen-bond donors (Lipinski definition) is 2. The number of aryl methyl sites for hydroxylation is 1. The number of rotatable bonds is 13. The van der Waals surface area contributed by atoms with Crippen LogP contribution in [0.5, 0.6) is 0 Å². The zero-order valence-electron chi connectivity index (χ0n) is 24.7. The maximum absolute atomic E-state index is 13.9. The molecule has 0 aliphatic carbocycles. The first-order valence-corrected chi connectivity index (χ1v) is 14.4. The summed E-state index contributed by atoms with van der Waals surface area (Å²) in [6.07, 6.45) is -4.75. The standard InChI is InChI=1S/C33H39F4N3O3/c1-4-11-39(12-5-2)31(42)25-13-22(3)14-26(18-25)32(43)40(20-23-9-7-6-8-10-23)21-30(41)29(38)17-24-15-27(33(35,36)37)19-28(34)16-24/h6-10,13-16,18-19,29-30,41H,4-5,11-12,17,20-21,38H2,1-3H3/t29-,30+/m0/s1. The lowest BCUT2D eigenvalue weighted by atomic mass is 9.99. The number of halogens is 4.